The van der Waals surface area contributed by atoms with Crippen molar-refractivity contribution in [2.45, 2.75) is 37.1 Å². The van der Waals surface area contributed by atoms with Crippen LogP contribution in [-0.2, 0) is 4.74 Å². The summed E-state index contributed by atoms with van der Waals surface area (Å²) >= 11 is 5.04. The molecule has 0 aromatic carbocycles. The molecule has 0 amide bonds. The van der Waals surface area contributed by atoms with Crippen LogP contribution in [0.4, 0.5) is 0 Å². The highest BCUT2D eigenvalue weighted by Gasteiger charge is 2.55. The zero-order valence-corrected chi connectivity index (χ0v) is 10.5. The van der Waals surface area contributed by atoms with Crippen LogP contribution in [0.1, 0.15) is 6.92 Å². The molecule has 8 nitrogen and oxygen atoms in total. The number of nitrogens with zero attached hydrogens (tertiary/aromatic N) is 2. The van der Waals surface area contributed by atoms with Crippen molar-refractivity contribution in [3.05, 3.63) is 0 Å². The molecule has 6 N–H and O–H groups in total. The van der Waals surface area contributed by atoms with Crippen LogP contribution in [0.15, 0.2) is 5.10 Å². The predicted octanol–water partition coefficient (Wildman–Crippen LogP) is -2.72. The van der Waals surface area contributed by atoms with E-state index in [1.807, 2.05) is 0 Å². The van der Waals surface area contributed by atoms with Gasteiger partial charge in [-0.2, -0.15) is 5.10 Å². The molecule has 0 bridgehead atoms. The minimum Gasteiger partial charge on any atom is -0.394 e. The Kier molecular flexibility index (Phi) is 3.54. The van der Waals surface area contributed by atoms with Crippen molar-refractivity contribution in [2.24, 2.45) is 10.8 Å². The third-order valence-electron chi connectivity index (χ3n) is 3.01. The molecule has 0 aromatic heterocycles. The Balaban J connectivity index is 2.23. The average molecular weight is 276 g/mol. The van der Waals surface area contributed by atoms with Gasteiger partial charge in [0.1, 0.15) is 24.0 Å². The Morgan fingerprint density at radius 3 is 2.89 bits per heavy atom. The fraction of sp³-hybridized carbons (Fsp3) is 0.778. The summed E-state index contributed by atoms with van der Waals surface area (Å²) in [5.74, 6) is 0. The lowest BCUT2D eigenvalue weighted by Gasteiger charge is -2.36. The number of hydrazone groups is 1. The molecule has 0 radical (unpaired) electrons. The molecule has 18 heavy (non-hydrogen) atoms. The Morgan fingerprint density at radius 2 is 2.39 bits per heavy atom. The van der Waals surface area contributed by atoms with Crippen LogP contribution in [0.3, 0.4) is 0 Å². The third kappa shape index (κ3) is 2.09. The summed E-state index contributed by atoms with van der Waals surface area (Å²) < 4.78 is 5.38. The number of hydrogen-bond donors (Lipinski definition) is 5. The van der Waals surface area contributed by atoms with E-state index in [0.717, 1.165) is 0 Å². The van der Waals surface area contributed by atoms with E-state index < -0.39 is 36.8 Å². The van der Waals surface area contributed by atoms with Crippen molar-refractivity contribution < 1.29 is 20.1 Å². The number of thiocarbonyl (C=S) groups is 1. The van der Waals surface area contributed by atoms with E-state index in [-0.39, 0.29) is 5.11 Å². The summed E-state index contributed by atoms with van der Waals surface area (Å²) in [7, 11) is 0. The van der Waals surface area contributed by atoms with Crippen LogP contribution in [-0.4, -0.2) is 68.5 Å². The van der Waals surface area contributed by atoms with Crippen LogP contribution in [0, 0.1) is 0 Å². The monoisotopic (exact) mass is 276 g/mol. The molecule has 2 heterocycles. The number of ether oxygens (including phenoxy) is 1. The van der Waals surface area contributed by atoms with Crippen LogP contribution in [0.5, 0.6) is 0 Å². The molecular formula is C9H16N4O4S. The van der Waals surface area contributed by atoms with Crippen molar-refractivity contribution in [3.63, 3.8) is 0 Å². The molecular weight excluding hydrogens is 260 g/mol. The van der Waals surface area contributed by atoms with Gasteiger partial charge in [-0.1, -0.05) is 0 Å². The van der Waals surface area contributed by atoms with E-state index in [1.54, 1.807) is 0 Å². The molecule has 5 atom stereocenters. The van der Waals surface area contributed by atoms with E-state index in [2.05, 4.69) is 10.4 Å². The summed E-state index contributed by atoms with van der Waals surface area (Å²) in [6.07, 6.45) is -2.22. The Morgan fingerprint density at radius 1 is 1.72 bits per heavy atom. The third-order valence-corrected chi connectivity index (χ3v) is 3.31. The van der Waals surface area contributed by atoms with E-state index in [0.29, 0.717) is 0 Å². The lowest BCUT2D eigenvalue weighted by atomic mass is 9.96. The van der Waals surface area contributed by atoms with Crippen LogP contribution in [0.25, 0.3) is 0 Å². The summed E-state index contributed by atoms with van der Waals surface area (Å²) in [6.45, 7) is 0.982. The first-order chi connectivity index (χ1) is 8.37. The van der Waals surface area contributed by atoms with Crippen LogP contribution < -0.4 is 11.1 Å². The second kappa shape index (κ2) is 4.68. The molecule has 5 unspecified atom stereocenters. The van der Waals surface area contributed by atoms with Gasteiger partial charge in [0.2, 0.25) is 0 Å². The predicted molar refractivity (Wildman–Crippen MR) is 66.4 cm³/mol. The molecule has 2 aliphatic heterocycles. The summed E-state index contributed by atoms with van der Waals surface area (Å²) in [4.78, 5) is 0. The SMILES string of the molecule is CC1(O)C(O)C(CO)OC1N1N=CC(N)NC1=S. The average Bonchev–Trinajstić information content (AvgIpc) is 2.52. The summed E-state index contributed by atoms with van der Waals surface area (Å²) in [6, 6.07) is 0. The van der Waals surface area contributed by atoms with Crippen molar-refractivity contribution in [2.75, 3.05) is 6.61 Å². The lowest BCUT2D eigenvalue weighted by molar-refractivity contribution is -0.113. The number of hydrogen-bond acceptors (Lipinski definition) is 7. The van der Waals surface area contributed by atoms with Gasteiger partial charge in [-0.3, -0.25) is 0 Å². The Bertz CT molecular complexity index is 378. The highest BCUT2D eigenvalue weighted by atomic mass is 32.1. The van der Waals surface area contributed by atoms with Gasteiger partial charge in [0, 0.05) is 0 Å². The van der Waals surface area contributed by atoms with Gasteiger partial charge in [0.15, 0.2) is 11.3 Å². The molecule has 9 heteroatoms. The number of nitrogens with one attached hydrogen (secondary N) is 1. The van der Waals surface area contributed by atoms with Gasteiger partial charge in [-0.05, 0) is 19.1 Å². The molecule has 0 aromatic rings. The lowest BCUT2D eigenvalue weighted by Crippen LogP contribution is -2.59. The normalized spacial score (nSPS) is 44.3. The van der Waals surface area contributed by atoms with E-state index in [1.165, 1.54) is 18.1 Å². The van der Waals surface area contributed by atoms with Gasteiger partial charge < -0.3 is 31.1 Å². The number of rotatable bonds is 2. The molecule has 0 spiro atoms. The zero-order valence-electron chi connectivity index (χ0n) is 9.72. The minimum absolute atomic E-state index is 0.182. The fourth-order valence-corrected chi connectivity index (χ4v) is 2.24. The first-order valence-electron chi connectivity index (χ1n) is 5.44. The van der Waals surface area contributed by atoms with Crippen molar-refractivity contribution in [1.82, 2.24) is 10.3 Å². The van der Waals surface area contributed by atoms with Crippen molar-refractivity contribution in [3.8, 4) is 0 Å². The van der Waals surface area contributed by atoms with E-state index >= 15 is 0 Å². The maximum atomic E-state index is 10.2. The fourth-order valence-electron chi connectivity index (χ4n) is 1.96. The van der Waals surface area contributed by atoms with Gasteiger partial charge in [-0.25, -0.2) is 5.01 Å². The van der Waals surface area contributed by atoms with Crippen LogP contribution in [0.2, 0.25) is 0 Å². The van der Waals surface area contributed by atoms with Gasteiger partial charge in [0.05, 0.1) is 12.8 Å². The van der Waals surface area contributed by atoms with Crippen LogP contribution >= 0.6 is 12.2 Å². The molecule has 0 aliphatic carbocycles. The van der Waals surface area contributed by atoms with Gasteiger partial charge in [-0.15, -0.1) is 0 Å². The smallest absolute Gasteiger partial charge is 0.193 e. The summed E-state index contributed by atoms with van der Waals surface area (Å²) in [5.41, 5.74) is 3.95. The highest BCUT2D eigenvalue weighted by Crippen LogP contribution is 2.33. The standard InChI is InChI=1S/C9H16N4O4S/c1-9(16)6(15)4(3-14)17-7(9)13-8(18)12-5(10)2-11-13/h2,4-7,14-16H,3,10H2,1H3,(H,12,18). The second-order valence-corrected chi connectivity index (χ2v) is 4.85. The first kappa shape index (κ1) is 13.6. The maximum Gasteiger partial charge on any atom is 0.193 e. The minimum atomic E-state index is -1.61. The van der Waals surface area contributed by atoms with E-state index in [4.69, 9.17) is 27.8 Å². The molecule has 0 saturated carbocycles. The largest absolute Gasteiger partial charge is 0.394 e. The molecule has 1 saturated heterocycles. The maximum absolute atomic E-state index is 10.2. The summed E-state index contributed by atoms with van der Waals surface area (Å²) in [5, 5.41) is 37.3. The number of aliphatic hydroxyl groups excluding tert-OH is 2. The number of aliphatic hydroxyl groups is 3. The molecule has 102 valence electrons. The van der Waals surface area contributed by atoms with Gasteiger partial charge in [0.25, 0.3) is 0 Å². The topological polar surface area (TPSA) is 124 Å². The number of nitrogens with two attached hydrogens (primary N) is 1. The first-order valence-corrected chi connectivity index (χ1v) is 5.85. The quantitative estimate of drug-likeness (QED) is 0.345. The molecule has 2 rings (SSSR count). The Labute approximate surface area is 109 Å². The molecule has 1 fully saturated rings. The van der Waals surface area contributed by atoms with Crippen molar-refractivity contribution in [1.29, 1.82) is 0 Å². The zero-order chi connectivity index (χ0) is 13.5. The van der Waals surface area contributed by atoms with Gasteiger partial charge >= 0.3 is 0 Å². The molecule has 2 aliphatic rings. The van der Waals surface area contributed by atoms with Crippen molar-refractivity contribution >= 4 is 23.5 Å². The Hall–Kier alpha value is -0.840. The highest BCUT2D eigenvalue weighted by molar-refractivity contribution is 7.80. The van der Waals surface area contributed by atoms with E-state index in [9.17, 15) is 10.2 Å². The second-order valence-electron chi connectivity index (χ2n) is 4.46.